The second-order valence-corrected chi connectivity index (χ2v) is 3.26. The van der Waals surface area contributed by atoms with Gasteiger partial charge in [0.25, 0.3) is 0 Å². The van der Waals surface area contributed by atoms with Crippen molar-refractivity contribution in [3.63, 3.8) is 0 Å². The molecule has 0 bridgehead atoms. The molecule has 0 aromatic carbocycles. The fourth-order valence-corrected chi connectivity index (χ4v) is 1.15. The first kappa shape index (κ1) is 10.8. The molecule has 0 aliphatic heterocycles. The van der Waals surface area contributed by atoms with Gasteiger partial charge in [-0.25, -0.2) is 0 Å². The molecule has 2 nitrogen and oxygen atoms in total. The van der Waals surface area contributed by atoms with Crippen molar-refractivity contribution >= 4 is 29.3 Å². The predicted octanol–water partition coefficient (Wildman–Crippen LogP) is 1.26. The van der Waals surface area contributed by atoms with Crippen LogP contribution in [0, 0.1) is 0 Å². The molecule has 0 spiro atoms. The topological polar surface area (TPSA) is 29.1 Å². The zero-order valence-corrected chi connectivity index (χ0v) is 7.88. The summed E-state index contributed by atoms with van der Waals surface area (Å²) >= 11 is 6.99. The number of halogens is 1. The highest BCUT2D eigenvalue weighted by Gasteiger charge is 1.94. The van der Waals surface area contributed by atoms with Crippen LogP contribution in [0.3, 0.4) is 0 Å². The molecule has 0 saturated carbocycles. The fraction of sp³-hybridized carbons (Fsp3) is 0.571. The van der Waals surface area contributed by atoms with Gasteiger partial charge < -0.3 is 5.32 Å². The lowest BCUT2D eigenvalue weighted by molar-refractivity contribution is -0.118. The second kappa shape index (κ2) is 7.95. The van der Waals surface area contributed by atoms with Crippen LogP contribution in [0.15, 0.2) is 12.7 Å². The molecule has 0 aliphatic carbocycles. The average Bonchev–Trinajstić information content (AvgIpc) is 2.04. The monoisotopic (exact) mass is 193 g/mol. The molecule has 4 heteroatoms. The summed E-state index contributed by atoms with van der Waals surface area (Å²) in [7, 11) is 0. The highest BCUT2D eigenvalue weighted by Crippen LogP contribution is 1.96. The lowest BCUT2D eigenvalue weighted by Gasteiger charge is -2.00. The molecule has 0 saturated heterocycles. The summed E-state index contributed by atoms with van der Waals surface area (Å²) in [5.41, 5.74) is 0. The van der Waals surface area contributed by atoms with Crippen LogP contribution >= 0.6 is 23.4 Å². The minimum absolute atomic E-state index is 0.0477. The maximum absolute atomic E-state index is 10.6. The molecule has 0 unspecified atom stereocenters. The molecule has 11 heavy (non-hydrogen) atoms. The second-order valence-electron chi connectivity index (χ2n) is 1.85. The fourth-order valence-electron chi connectivity index (χ4n) is 0.477. The molecule has 0 heterocycles. The van der Waals surface area contributed by atoms with Crippen LogP contribution in [0.1, 0.15) is 0 Å². The van der Waals surface area contributed by atoms with Crippen molar-refractivity contribution in [3.8, 4) is 0 Å². The Labute approximate surface area is 76.4 Å². The van der Waals surface area contributed by atoms with Gasteiger partial charge in [-0.2, -0.15) is 11.8 Å². The minimum atomic E-state index is -0.106. The van der Waals surface area contributed by atoms with E-state index >= 15 is 0 Å². The molecular weight excluding hydrogens is 182 g/mol. The van der Waals surface area contributed by atoms with Crippen molar-refractivity contribution in [1.29, 1.82) is 0 Å². The van der Waals surface area contributed by atoms with Crippen LogP contribution in [-0.2, 0) is 4.79 Å². The smallest absolute Gasteiger partial charge is 0.234 e. The summed E-state index contributed by atoms with van der Waals surface area (Å²) in [6.07, 6.45) is 1.84. The van der Waals surface area contributed by atoms with E-state index in [4.69, 9.17) is 11.6 Å². The zero-order chi connectivity index (χ0) is 8.53. The van der Waals surface area contributed by atoms with Crippen LogP contribution in [0.25, 0.3) is 0 Å². The van der Waals surface area contributed by atoms with E-state index in [1.807, 2.05) is 6.08 Å². The van der Waals surface area contributed by atoms with E-state index in [0.717, 1.165) is 11.5 Å². The largest absolute Gasteiger partial charge is 0.354 e. The first-order chi connectivity index (χ1) is 5.31. The van der Waals surface area contributed by atoms with Crippen molar-refractivity contribution < 1.29 is 4.79 Å². The van der Waals surface area contributed by atoms with Crippen LogP contribution in [-0.4, -0.2) is 29.8 Å². The van der Waals surface area contributed by atoms with Crippen molar-refractivity contribution in [3.05, 3.63) is 12.7 Å². The highest BCUT2D eigenvalue weighted by molar-refractivity contribution is 7.99. The summed E-state index contributed by atoms with van der Waals surface area (Å²) in [6.45, 7) is 4.26. The molecule has 1 amide bonds. The lowest BCUT2D eigenvalue weighted by Crippen LogP contribution is -2.26. The Balaban J connectivity index is 3.01. The van der Waals surface area contributed by atoms with Gasteiger partial charge in [0, 0.05) is 18.1 Å². The number of nitrogens with one attached hydrogen (secondary N) is 1. The van der Waals surface area contributed by atoms with E-state index in [0.29, 0.717) is 6.54 Å². The molecule has 0 radical (unpaired) electrons. The number of rotatable bonds is 6. The molecule has 1 N–H and O–H groups in total. The first-order valence-corrected chi connectivity index (χ1v) is 5.01. The molecule has 64 valence electrons. The third-order valence-electron chi connectivity index (χ3n) is 0.926. The quantitative estimate of drug-likeness (QED) is 0.391. The van der Waals surface area contributed by atoms with Gasteiger partial charge in [0.2, 0.25) is 5.91 Å². The van der Waals surface area contributed by atoms with E-state index < -0.39 is 0 Å². The number of thioether (sulfide) groups is 1. The van der Waals surface area contributed by atoms with Gasteiger partial charge in [0.15, 0.2) is 0 Å². The number of hydrogen-bond acceptors (Lipinski definition) is 2. The normalized spacial score (nSPS) is 9.18. The minimum Gasteiger partial charge on any atom is -0.354 e. The third-order valence-corrected chi connectivity index (χ3v) is 2.13. The van der Waals surface area contributed by atoms with E-state index in [1.54, 1.807) is 11.8 Å². The standard InChI is InChI=1S/C7H12ClNOS/c1-2-4-11-5-3-9-7(10)6-8/h2H,1,3-6H2,(H,9,10). The van der Waals surface area contributed by atoms with Gasteiger partial charge in [0.05, 0.1) is 0 Å². The van der Waals surface area contributed by atoms with Gasteiger partial charge in [-0.3, -0.25) is 4.79 Å². The first-order valence-electron chi connectivity index (χ1n) is 3.32. The van der Waals surface area contributed by atoms with Gasteiger partial charge >= 0.3 is 0 Å². The Morgan fingerprint density at radius 3 is 3.00 bits per heavy atom. The molecule has 0 atom stereocenters. The molecule has 0 rings (SSSR count). The van der Waals surface area contributed by atoms with Crippen molar-refractivity contribution in [1.82, 2.24) is 5.32 Å². The summed E-state index contributed by atoms with van der Waals surface area (Å²) < 4.78 is 0. The predicted molar refractivity (Wildman–Crippen MR) is 51.3 cm³/mol. The Kier molecular flexibility index (Phi) is 7.84. The molecule has 0 aromatic rings. The summed E-state index contributed by atoms with van der Waals surface area (Å²) in [5.74, 6) is 1.78. The number of carbonyl (C=O) groups excluding carboxylic acids is 1. The highest BCUT2D eigenvalue weighted by atomic mass is 35.5. The van der Waals surface area contributed by atoms with Gasteiger partial charge in [-0.05, 0) is 0 Å². The maximum Gasteiger partial charge on any atom is 0.234 e. The molecule has 0 aromatic heterocycles. The Morgan fingerprint density at radius 1 is 1.73 bits per heavy atom. The average molecular weight is 194 g/mol. The number of hydrogen-bond donors (Lipinski definition) is 1. The SMILES string of the molecule is C=CCSCCNC(=O)CCl. The van der Waals surface area contributed by atoms with E-state index in [-0.39, 0.29) is 11.8 Å². The van der Waals surface area contributed by atoms with Crippen molar-refractivity contribution in [2.45, 2.75) is 0 Å². The van der Waals surface area contributed by atoms with E-state index in [2.05, 4.69) is 11.9 Å². The Morgan fingerprint density at radius 2 is 2.45 bits per heavy atom. The van der Waals surface area contributed by atoms with Crippen molar-refractivity contribution in [2.75, 3.05) is 23.9 Å². The third kappa shape index (κ3) is 7.75. The number of alkyl halides is 1. The van der Waals surface area contributed by atoms with Crippen molar-refractivity contribution in [2.24, 2.45) is 0 Å². The Bertz CT molecular complexity index is 130. The van der Waals surface area contributed by atoms with Gasteiger partial charge in [-0.1, -0.05) is 6.08 Å². The molecule has 0 fully saturated rings. The van der Waals surface area contributed by atoms with Crippen LogP contribution in [0.2, 0.25) is 0 Å². The number of amides is 1. The van der Waals surface area contributed by atoms with E-state index in [1.165, 1.54) is 0 Å². The summed E-state index contributed by atoms with van der Waals surface area (Å²) in [6, 6.07) is 0. The summed E-state index contributed by atoms with van der Waals surface area (Å²) in [4.78, 5) is 10.6. The molecular formula is C7H12ClNOS. The summed E-state index contributed by atoms with van der Waals surface area (Å²) in [5, 5.41) is 2.67. The zero-order valence-electron chi connectivity index (χ0n) is 6.31. The maximum atomic E-state index is 10.6. The lowest BCUT2D eigenvalue weighted by atomic mass is 10.6. The van der Waals surface area contributed by atoms with Crippen LogP contribution < -0.4 is 5.32 Å². The van der Waals surface area contributed by atoms with Gasteiger partial charge in [0.1, 0.15) is 5.88 Å². The Hall–Kier alpha value is -0.150. The van der Waals surface area contributed by atoms with E-state index in [9.17, 15) is 4.79 Å². The number of carbonyl (C=O) groups is 1. The van der Waals surface area contributed by atoms with Crippen LogP contribution in [0.5, 0.6) is 0 Å². The van der Waals surface area contributed by atoms with Gasteiger partial charge in [-0.15, -0.1) is 18.2 Å². The molecule has 0 aliphatic rings. The van der Waals surface area contributed by atoms with Crippen LogP contribution in [0.4, 0.5) is 0 Å².